The van der Waals surface area contributed by atoms with Gasteiger partial charge in [-0.05, 0) is 108 Å². The van der Waals surface area contributed by atoms with E-state index in [1.165, 1.54) is 85.5 Å². The van der Waals surface area contributed by atoms with Gasteiger partial charge in [0.15, 0.2) is 0 Å². The van der Waals surface area contributed by atoms with Crippen molar-refractivity contribution in [2.45, 2.75) is 0 Å². The van der Waals surface area contributed by atoms with Gasteiger partial charge in [0.1, 0.15) is 0 Å². The van der Waals surface area contributed by atoms with Crippen LogP contribution in [0, 0.1) is 0 Å². The molecule has 11 aromatic rings. The van der Waals surface area contributed by atoms with E-state index in [1.54, 1.807) is 0 Å². The topological polar surface area (TPSA) is 3.24 Å². The number of nitrogens with zero attached hydrogens (tertiary/aromatic N) is 1. The van der Waals surface area contributed by atoms with Crippen LogP contribution < -0.4 is 4.90 Å². The second kappa shape index (κ2) is 12.4. The highest BCUT2D eigenvalue weighted by atomic mass is 32.1. The van der Waals surface area contributed by atoms with E-state index in [0.29, 0.717) is 0 Å². The zero-order valence-corrected chi connectivity index (χ0v) is 30.2. The van der Waals surface area contributed by atoms with E-state index in [9.17, 15) is 0 Å². The molecule has 0 aliphatic rings. The number of rotatable bonds is 5. The van der Waals surface area contributed by atoms with Crippen molar-refractivity contribution in [3.05, 3.63) is 200 Å². The Labute approximate surface area is 317 Å². The van der Waals surface area contributed by atoms with E-state index >= 15 is 0 Å². The molecule has 11 rings (SSSR count). The van der Waals surface area contributed by atoms with Gasteiger partial charge in [-0.25, -0.2) is 0 Å². The molecular formula is C52H33NS. The Balaban J connectivity index is 1.09. The number of thiophene rings is 1. The normalized spacial score (nSPS) is 11.7. The van der Waals surface area contributed by atoms with Gasteiger partial charge in [-0.3, -0.25) is 0 Å². The van der Waals surface area contributed by atoms with Crippen LogP contribution in [0.15, 0.2) is 200 Å². The van der Waals surface area contributed by atoms with Crippen LogP contribution in [-0.4, -0.2) is 0 Å². The average Bonchev–Trinajstić information content (AvgIpc) is 3.63. The number of para-hydroxylation sites is 1. The lowest BCUT2D eigenvalue weighted by atomic mass is 9.94. The predicted octanol–water partition coefficient (Wildman–Crippen LogP) is 15.5. The summed E-state index contributed by atoms with van der Waals surface area (Å²) in [5.41, 5.74) is 8.18. The van der Waals surface area contributed by atoms with Gasteiger partial charge in [-0.1, -0.05) is 152 Å². The maximum Gasteiger partial charge on any atom is 0.0540 e. The summed E-state index contributed by atoms with van der Waals surface area (Å²) in [5.74, 6) is 0. The third-order valence-electron chi connectivity index (χ3n) is 11.0. The van der Waals surface area contributed by atoms with E-state index in [0.717, 1.165) is 17.1 Å². The number of hydrogen-bond donors (Lipinski definition) is 0. The fourth-order valence-corrected chi connectivity index (χ4v) is 9.54. The predicted molar refractivity (Wildman–Crippen MR) is 235 cm³/mol. The van der Waals surface area contributed by atoms with Crippen molar-refractivity contribution in [2.24, 2.45) is 0 Å². The van der Waals surface area contributed by atoms with Crippen LogP contribution in [0.4, 0.5) is 17.1 Å². The summed E-state index contributed by atoms with van der Waals surface area (Å²) in [6.07, 6.45) is 0. The van der Waals surface area contributed by atoms with Gasteiger partial charge in [0.25, 0.3) is 0 Å². The molecule has 10 aromatic carbocycles. The highest BCUT2D eigenvalue weighted by Crippen LogP contribution is 2.45. The Bertz CT molecular complexity index is 3210. The van der Waals surface area contributed by atoms with Crippen LogP contribution in [0.1, 0.15) is 0 Å². The Morgan fingerprint density at radius 1 is 0.315 bits per heavy atom. The Hall–Kier alpha value is -6.74. The third-order valence-corrected chi connectivity index (χ3v) is 12.2. The Kier molecular flexibility index (Phi) is 7.11. The van der Waals surface area contributed by atoms with Crippen LogP contribution in [0.25, 0.3) is 85.5 Å². The highest BCUT2D eigenvalue weighted by Gasteiger charge is 2.19. The quantitative estimate of drug-likeness (QED) is 0.161. The van der Waals surface area contributed by atoms with E-state index in [1.807, 2.05) is 11.3 Å². The van der Waals surface area contributed by atoms with Crippen molar-refractivity contribution in [2.75, 3.05) is 4.90 Å². The Morgan fingerprint density at radius 3 is 1.69 bits per heavy atom. The Morgan fingerprint density at radius 2 is 0.889 bits per heavy atom. The molecular weight excluding hydrogens is 671 g/mol. The summed E-state index contributed by atoms with van der Waals surface area (Å²) in [6.45, 7) is 0. The van der Waals surface area contributed by atoms with E-state index in [-0.39, 0.29) is 0 Å². The van der Waals surface area contributed by atoms with Crippen LogP contribution >= 0.6 is 11.3 Å². The molecule has 1 heterocycles. The lowest BCUT2D eigenvalue weighted by molar-refractivity contribution is 1.29. The second-order valence-corrected chi connectivity index (χ2v) is 15.2. The van der Waals surface area contributed by atoms with Crippen LogP contribution in [0.2, 0.25) is 0 Å². The number of fused-ring (bicyclic) bond motifs is 10. The van der Waals surface area contributed by atoms with Crippen molar-refractivity contribution in [3.63, 3.8) is 0 Å². The lowest BCUT2D eigenvalue weighted by Crippen LogP contribution is -2.11. The van der Waals surface area contributed by atoms with Gasteiger partial charge in [0, 0.05) is 37.1 Å². The van der Waals surface area contributed by atoms with Gasteiger partial charge < -0.3 is 4.90 Å². The average molecular weight is 704 g/mol. The molecule has 0 radical (unpaired) electrons. The minimum Gasteiger partial charge on any atom is -0.310 e. The fourth-order valence-electron chi connectivity index (χ4n) is 8.44. The molecule has 1 nitrogen and oxygen atoms in total. The second-order valence-electron chi connectivity index (χ2n) is 14.1. The van der Waals surface area contributed by atoms with Crippen molar-refractivity contribution < 1.29 is 0 Å². The maximum absolute atomic E-state index is 2.43. The van der Waals surface area contributed by atoms with Gasteiger partial charge in [-0.2, -0.15) is 0 Å². The van der Waals surface area contributed by atoms with Crippen LogP contribution in [0.5, 0.6) is 0 Å². The first-order valence-corrected chi connectivity index (χ1v) is 19.3. The standard InChI is InChI=1S/C52H33NS/c1-2-10-35(11-3-1)43-14-8-9-17-48(43)53(42-29-31-49-47(33-42)52-45-16-7-5-13-37(45)26-30-50(52)54-49)41-27-24-34(25-28-41)40-23-20-38-19-22-39-21-18-36-12-4-6-15-44(36)51(39)46(38)32-40/h1-33H. The van der Waals surface area contributed by atoms with Gasteiger partial charge in [0.05, 0.1) is 5.69 Å². The van der Waals surface area contributed by atoms with Crippen molar-refractivity contribution in [1.82, 2.24) is 0 Å². The fraction of sp³-hybridized carbons (Fsp3) is 0. The maximum atomic E-state index is 2.43. The molecule has 0 atom stereocenters. The first kappa shape index (κ1) is 30.8. The molecule has 0 aliphatic carbocycles. The van der Waals surface area contributed by atoms with E-state index in [4.69, 9.17) is 0 Å². The monoisotopic (exact) mass is 703 g/mol. The smallest absolute Gasteiger partial charge is 0.0540 e. The van der Waals surface area contributed by atoms with Crippen LogP contribution in [-0.2, 0) is 0 Å². The van der Waals surface area contributed by atoms with E-state index in [2.05, 4.69) is 205 Å². The highest BCUT2D eigenvalue weighted by molar-refractivity contribution is 7.26. The molecule has 0 unspecified atom stereocenters. The molecule has 252 valence electrons. The zero-order valence-electron chi connectivity index (χ0n) is 29.4. The summed E-state index contributed by atoms with van der Waals surface area (Å²) in [4.78, 5) is 2.43. The summed E-state index contributed by atoms with van der Waals surface area (Å²) >= 11 is 1.87. The van der Waals surface area contributed by atoms with Gasteiger partial charge >= 0.3 is 0 Å². The molecule has 0 aliphatic heterocycles. The summed E-state index contributed by atoms with van der Waals surface area (Å²) < 4.78 is 2.62. The molecule has 0 amide bonds. The zero-order chi connectivity index (χ0) is 35.6. The number of benzene rings is 10. The summed E-state index contributed by atoms with van der Waals surface area (Å²) in [7, 11) is 0. The molecule has 0 fully saturated rings. The summed E-state index contributed by atoms with van der Waals surface area (Å²) in [6, 6.07) is 73.5. The first-order valence-electron chi connectivity index (χ1n) is 18.5. The van der Waals surface area contributed by atoms with Gasteiger partial charge in [-0.15, -0.1) is 11.3 Å². The molecule has 0 N–H and O–H groups in total. The SMILES string of the molecule is c1ccc(-c2ccccc2N(c2ccc(-c3ccc4ccc5ccc6ccccc6c5c4c3)cc2)c2ccc3sc4ccc5ccccc5c4c3c2)cc1. The number of hydrogen-bond acceptors (Lipinski definition) is 2. The van der Waals surface area contributed by atoms with Crippen molar-refractivity contribution >= 4 is 91.7 Å². The molecule has 2 heteroatoms. The molecule has 0 saturated carbocycles. The largest absolute Gasteiger partial charge is 0.310 e. The first-order chi connectivity index (χ1) is 26.8. The number of anilines is 3. The van der Waals surface area contributed by atoms with Crippen LogP contribution in [0.3, 0.4) is 0 Å². The van der Waals surface area contributed by atoms with Crippen molar-refractivity contribution in [1.29, 1.82) is 0 Å². The lowest BCUT2D eigenvalue weighted by Gasteiger charge is -2.28. The molecule has 0 bridgehead atoms. The van der Waals surface area contributed by atoms with E-state index < -0.39 is 0 Å². The minimum absolute atomic E-state index is 1.11. The summed E-state index contributed by atoms with van der Waals surface area (Å²) in [5, 5.41) is 12.9. The third kappa shape index (κ3) is 4.99. The molecule has 54 heavy (non-hydrogen) atoms. The van der Waals surface area contributed by atoms with Crippen molar-refractivity contribution in [3.8, 4) is 22.3 Å². The molecule has 1 aromatic heterocycles. The van der Waals surface area contributed by atoms with Gasteiger partial charge in [0.2, 0.25) is 0 Å². The minimum atomic E-state index is 1.11. The molecule has 0 saturated heterocycles. The molecule has 0 spiro atoms.